The van der Waals surface area contributed by atoms with E-state index in [0.29, 0.717) is 31.9 Å². The number of halogens is 1. The predicted octanol–water partition coefficient (Wildman–Crippen LogP) is 2.75. The maximum Gasteiger partial charge on any atom is 0.251 e. The molecule has 0 fully saturated rings. The van der Waals surface area contributed by atoms with Gasteiger partial charge in [-0.2, -0.15) is 0 Å². The Labute approximate surface area is 129 Å². The van der Waals surface area contributed by atoms with Crippen LogP contribution in [0.2, 0.25) is 0 Å². The summed E-state index contributed by atoms with van der Waals surface area (Å²) in [5.41, 5.74) is 1.86. The minimum absolute atomic E-state index is 0.0218. The van der Waals surface area contributed by atoms with Crippen molar-refractivity contribution >= 4 is 21.8 Å². The van der Waals surface area contributed by atoms with E-state index in [0.717, 1.165) is 23.7 Å². The second-order valence-corrected chi connectivity index (χ2v) is 4.96. The van der Waals surface area contributed by atoms with E-state index in [1.54, 1.807) is 7.11 Å². The number of hydrogen-bond acceptors (Lipinski definition) is 3. The number of benzene rings is 1. The second-order valence-electron chi connectivity index (χ2n) is 4.40. The fourth-order valence-corrected chi connectivity index (χ4v) is 2.00. The second kappa shape index (κ2) is 10.8. The highest BCUT2D eigenvalue weighted by Gasteiger charge is 2.04. The van der Waals surface area contributed by atoms with Gasteiger partial charge in [0, 0.05) is 31.2 Å². The van der Waals surface area contributed by atoms with Crippen molar-refractivity contribution in [3.63, 3.8) is 0 Å². The topological polar surface area (TPSA) is 47.6 Å². The first-order valence-electron chi connectivity index (χ1n) is 6.77. The lowest BCUT2D eigenvalue weighted by molar-refractivity contribution is 0.0686. The molecule has 0 aliphatic heterocycles. The van der Waals surface area contributed by atoms with Crippen LogP contribution in [-0.2, 0) is 14.8 Å². The van der Waals surface area contributed by atoms with Crippen molar-refractivity contribution in [3.8, 4) is 0 Å². The Kier molecular flexibility index (Phi) is 9.28. The molecule has 0 heterocycles. The number of alkyl halides is 1. The van der Waals surface area contributed by atoms with E-state index < -0.39 is 0 Å². The highest BCUT2D eigenvalue weighted by atomic mass is 79.9. The van der Waals surface area contributed by atoms with Crippen molar-refractivity contribution in [3.05, 3.63) is 35.4 Å². The quantitative estimate of drug-likeness (QED) is 0.524. The third-order valence-electron chi connectivity index (χ3n) is 2.80. The highest BCUT2D eigenvalue weighted by molar-refractivity contribution is 9.08. The van der Waals surface area contributed by atoms with Crippen molar-refractivity contribution in [1.29, 1.82) is 0 Å². The Morgan fingerprint density at radius 1 is 1.15 bits per heavy atom. The van der Waals surface area contributed by atoms with Gasteiger partial charge in [-0.3, -0.25) is 4.79 Å². The summed E-state index contributed by atoms with van der Waals surface area (Å²) in [5.74, 6) is -0.0218. The molecule has 0 atom stereocenters. The molecule has 0 saturated carbocycles. The number of carbonyl (C=O) groups excluding carboxylic acids is 1. The first-order chi connectivity index (χ1) is 9.77. The van der Waals surface area contributed by atoms with Crippen LogP contribution >= 0.6 is 15.9 Å². The molecule has 1 rings (SSSR count). The maximum absolute atomic E-state index is 11.8. The number of hydrogen-bond donors (Lipinski definition) is 1. The maximum atomic E-state index is 11.8. The molecular formula is C15H22BrNO3. The average molecular weight is 344 g/mol. The zero-order valence-electron chi connectivity index (χ0n) is 11.9. The SMILES string of the molecule is COCCOCCCCNC(=O)c1ccc(CBr)cc1. The molecule has 0 bridgehead atoms. The van der Waals surface area contributed by atoms with Crippen LogP contribution in [0.1, 0.15) is 28.8 Å². The molecule has 4 nitrogen and oxygen atoms in total. The third-order valence-corrected chi connectivity index (χ3v) is 3.45. The summed E-state index contributed by atoms with van der Waals surface area (Å²) in [5, 5.41) is 3.71. The van der Waals surface area contributed by atoms with E-state index in [-0.39, 0.29) is 5.91 Å². The molecule has 1 N–H and O–H groups in total. The van der Waals surface area contributed by atoms with Crippen molar-refractivity contribution in [1.82, 2.24) is 5.32 Å². The summed E-state index contributed by atoms with van der Waals surface area (Å²) in [6.07, 6.45) is 1.85. The molecule has 0 aliphatic rings. The van der Waals surface area contributed by atoms with Gasteiger partial charge < -0.3 is 14.8 Å². The summed E-state index contributed by atoms with van der Waals surface area (Å²) < 4.78 is 10.2. The Bertz CT molecular complexity index is 381. The van der Waals surface area contributed by atoms with Gasteiger partial charge in [0.2, 0.25) is 0 Å². The zero-order valence-corrected chi connectivity index (χ0v) is 13.4. The van der Waals surface area contributed by atoms with Crippen molar-refractivity contribution in [2.24, 2.45) is 0 Å². The molecule has 5 heteroatoms. The van der Waals surface area contributed by atoms with Crippen LogP contribution in [0.4, 0.5) is 0 Å². The standard InChI is InChI=1S/C15H22BrNO3/c1-19-10-11-20-9-3-2-8-17-15(18)14-6-4-13(12-16)5-7-14/h4-7H,2-3,8-12H2,1H3,(H,17,18). The number of rotatable bonds is 10. The molecule has 112 valence electrons. The van der Waals surface area contributed by atoms with Gasteiger partial charge in [0.25, 0.3) is 5.91 Å². The van der Waals surface area contributed by atoms with E-state index in [1.165, 1.54) is 0 Å². The molecule has 0 radical (unpaired) electrons. The largest absolute Gasteiger partial charge is 0.382 e. The lowest BCUT2D eigenvalue weighted by atomic mass is 10.1. The summed E-state index contributed by atoms with van der Waals surface area (Å²) in [6, 6.07) is 7.60. The van der Waals surface area contributed by atoms with Gasteiger partial charge in [-0.15, -0.1) is 0 Å². The van der Waals surface area contributed by atoms with E-state index in [2.05, 4.69) is 21.2 Å². The fourth-order valence-electron chi connectivity index (χ4n) is 1.62. The first kappa shape index (κ1) is 17.1. The molecular weight excluding hydrogens is 322 g/mol. The van der Waals surface area contributed by atoms with Crippen LogP contribution in [0.15, 0.2) is 24.3 Å². The monoisotopic (exact) mass is 343 g/mol. The predicted molar refractivity (Wildman–Crippen MR) is 83.3 cm³/mol. The zero-order chi connectivity index (χ0) is 14.6. The Morgan fingerprint density at radius 2 is 1.90 bits per heavy atom. The molecule has 1 aromatic carbocycles. The lowest BCUT2D eigenvalue weighted by Gasteiger charge is -2.06. The van der Waals surface area contributed by atoms with Gasteiger partial charge in [-0.05, 0) is 30.5 Å². The highest BCUT2D eigenvalue weighted by Crippen LogP contribution is 2.07. The minimum atomic E-state index is -0.0218. The third kappa shape index (κ3) is 7.03. The minimum Gasteiger partial charge on any atom is -0.382 e. The number of amides is 1. The van der Waals surface area contributed by atoms with Crippen LogP contribution in [0, 0.1) is 0 Å². The Morgan fingerprint density at radius 3 is 2.55 bits per heavy atom. The number of carbonyl (C=O) groups is 1. The molecule has 1 amide bonds. The molecule has 0 aliphatic carbocycles. The van der Waals surface area contributed by atoms with E-state index >= 15 is 0 Å². The van der Waals surface area contributed by atoms with Crippen molar-refractivity contribution in [2.75, 3.05) is 33.5 Å². The normalized spacial score (nSPS) is 10.5. The van der Waals surface area contributed by atoms with Crippen LogP contribution < -0.4 is 5.32 Å². The van der Waals surface area contributed by atoms with Gasteiger partial charge in [0.1, 0.15) is 0 Å². The van der Waals surface area contributed by atoms with Crippen molar-refractivity contribution < 1.29 is 14.3 Å². The Balaban J connectivity index is 2.10. The van der Waals surface area contributed by atoms with Crippen molar-refractivity contribution in [2.45, 2.75) is 18.2 Å². The lowest BCUT2D eigenvalue weighted by Crippen LogP contribution is -2.24. The molecule has 1 aromatic rings. The smallest absolute Gasteiger partial charge is 0.251 e. The molecule has 0 unspecified atom stereocenters. The Hall–Kier alpha value is -0.910. The molecule has 0 spiro atoms. The number of methoxy groups -OCH3 is 1. The van der Waals surface area contributed by atoms with E-state index in [9.17, 15) is 4.79 Å². The van der Waals surface area contributed by atoms with Gasteiger partial charge >= 0.3 is 0 Å². The summed E-state index contributed by atoms with van der Waals surface area (Å²) in [7, 11) is 1.66. The number of nitrogens with one attached hydrogen (secondary N) is 1. The van der Waals surface area contributed by atoms with Gasteiger partial charge in [0.15, 0.2) is 0 Å². The molecule has 0 saturated heterocycles. The number of ether oxygens (including phenoxy) is 2. The van der Waals surface area contributed by atoms with Crippen LogP contribution in [0.25, 0.3) is 0 Å². The molecule has 0 aromatic heterocycles. The fraction of sp³-hybridized carbons (Fsp3) is 0.533. The van der Waals surface area contributed by atoms with E-state index in [4.69, 9.17) is 9.47 Å². The van der Waals surface area contributed by atoms with E-state index in [1.807, 2.05) is 24.3 Å². The summed E-state index contributed by atoms with van der Waals surface area (Å²) in [4.78, 5) is 11.8. The van der Waals surface area contributed by atoms with Gasteiger partial charge in [-0.1, -0.05) is 28.1 Å². The first-order valence-corrected chi connectivity index (χ1v) is 7.90. The van der Waals surface area contributed by atoms with Gasteiger partial charge in [-0.25, -0.2) is 0 Å². The van der Waals surface area contributed by atoms with Gasteiger partial charge in [0.05, 0.1) is 13.2 Å². The number of unbranched alkanes of at least 4 members (excludes halogenated alkanes) is 1. The van der Waals surface area contributed by atoms with Crippen LogP contribution in [-0.4, -0.2) is 39.4 Å². The summed E-state index contributed by atoms with van der Waals surface area (Å²) in [6.45, 7) is 2.63. The van der Waals surface area contributed by atoms with Crippen LogP contribution in [0.3, 0.4) is 0 Å². The molecule has 20 heavy (non-hydrogen) atoms. The average Bonchev–Trinajstić information content (AvgIpc) is 2.50. The van der Waals surface area contributed by atoms with Crippen LogP contribution in [0.5, 0.6) is 0 Å². The summed E-state index contributed by atoms with van der Waals surface area (Å²) >= 11 is 3.38.